The summed E-state index contributed by atoms with van der Waals surface area (Å²) in [5, 5.41) is 2.39. The van der Waals surface area contributed by atoms with E-state index in [0.717, 1.165) is 7.11 Å². The zero-order valence-electron chi connectivity index (χ0n) is 9.44. The molecule has 0 rings (SSSR count). The first-order chi connectivity index (χ1) is 7.49. The van der Waals surface area contributed by atoms with Crippen LogP contribution in [0.3, 0.4) is 0 Å². The molecule has 0 aromatic carbocycles. The maximum Gasteiger partial charge on any atom is 0.508 e. The van der Waals surface area contributed by atoms with Crippen molar-refractivity contribution in [1.82, 2.24) is 5.32 Å². The lowest BCUT2D eigenvalue weighted by atomic mass is 10.3. The van der Waals surface area contributed by atoms with E-state index in [0.29, 0.717) is 0 Å². The Morgan fingerprint density at radius 1 is 1.31 bits per heavy atom. The largest absolute Gasteiger partial charge is 0.508 e. The van der Waals surface area contributed by atoms with Crippen molar-refractivity contribution < 1.29 is 28.6 Å². The SMILES string of the molecule is CNC(=O)CC(C)OC(=O)COC(=O)OC. The predicted octanol–water partition coefficient (Wildman–Crippen LogP) is -0.163. The predicted molar refractivity (Wildman–Crippen MR) is 52.6 cm³/mol. The van der Waals surface area contributed by atoms with Crippen LogP contribution in [-0.2, 0) is 23.8 Å². The molecule has 0 fully saturated rings. The highest BCUT2D eigenvalue weighted by atomic mass is 16.7. The van der Waals surface area contributed by atoms with Gasteiger partial charge in [-0.2, -0.15) is 0 Å². The molecule has 0 radical (unpaired) electrons. The normalized spacial score (nSPS) is 11.2. The van der Waals surface area contributed by atoms with Gasteiger partial charge in [0.25, 0.3) is 0 Å². The van der Waals surface area contributed by atoms with Gasteiger partial charge in [0.2, 0.25) is 5.91 Å². The van der Waals surface area contributed by atoms with E-state index in [1.807, 2.05) is 0 Å². The number of rotatable bonds is 5. The van der Waals surface area contributed by atoms with Gasteiger partial charge in [-0.25, -0.2) is 9.59 Å². The first-order valence-electron chi connectivity index (χ1n) is 4.60. The minimum atomic E-state index is -0.962. The highest BCUT2D eigenvalue weighted by molar-refractivity contribution is 5.77. The fourth-order valence-electron chi connectivity index (χ4n) is 0.840. The zero-order valence-corrected chi connectivity index (χ0v) is 9.44. The van der Waals surface area contributed by atoms with Crippen molar-refractivity contribution in [3.05, 3.63) is 0 Å². The Morgan fingerprint density at radius 2 is 1.94 bits per heavy atom. The summed E-state index contributed by atoms with van der Waals surface area (Å²) in [5.74, 6) is -0.976. The molecule has 16 heavy (non-hydrogen) atoms. The molecule has 0 aromatic heterocycles. The Balaban J connectivity index is 3.78. The minimum Gasteiger partial charge on any atom is -0.460 e. The third-order valence-electron chi connectivity index (χ3n) is 1.56. The van der Waals surface area contributed by atoms with Crippen molar-refractivity contribution in [3.8, 4) is 0 Å². The quantitative estimate of drug-likeness (QED) is 0.663. The molecule has 0 heterocycles. The van der Waals surface area contributed by atoms with E-state index < -0.39 is 24.8 Å². The molecule has 0 aliphatic rings. The van der Waals surface area contributed by atoms with E-state index in [-0.39, 0.29) is 12.3 Å². The van der Waals surface area contributed by atoms with Gasteiger partial charge in [-0.1, -0.05) is 0 Å². The summed E-state index contributed by atoms with van der Waals surface area (Å²) in [5.41, 5.74) is 0. The molecule has 92 valence electrons. The number of hydrogen-bond donors (Lipinski definition) is 1. The molecule has 7 nitrogen and oxygen atoms in total. The van der Waals surface area contributed by atoms with Crippen LogP contribution in [0.15, 0.2) is 0 Å². The maximum atomic E-state index is 11.1. The Kier molecular flexibility index (Phi) is 6.66. The highest BCUT2D eigenvalue weighted by Crippen LogP contribution is 1.98. The minimum absolute atomic E-state index is 0.0560. The van der Waals surface area contributed by atoms with Crippen LogP contribution in [0.25, 0.3) is 0 Å². The lowest BCUT2D eigenvalue weighted by molar-refractivity contribution is -0.153. The van der Waals surface area contributed by atoms with Crippen molar-refractivity contribution in [3.63, 3.8) is 0 Å². The van der Waals surface area contributed by atoms with Crippen LogP contribution in [0, 0.1) is 0 Å². The van der Waals surface area contributed by atoms with Gasteiger partial charge >= 0.3 is 12.1 Å². The number of carbonyl (C=O) groups is 3. The number of ether oxygens (including phenoxy) is 3. The van der Waals surface area contributed by atoms with Crippen LogP contribution in [0.4, 0.5) is 4.79 Å². The van der Waals surface area contributed by atoms with E-state index in [1.54, 1.807) is 6.92 Å². The van der Waals surface area contributed by atoms with Gasteiger partial charge in [-0.3, -0.25) is 4.79 Å². The first kappa shape index (κ1) is 14.2. The van der Waals surface area contributed by atoms with Gasteiger partial charge < -0.3 is 19.5 Å². The number of esters is 1. The van der Waals surface area contributed by atoms with Gasteiger partial charge in [0.15, 0.2) is 6.61 Å². The molecule has 1 amide bonds. The fraction of sp³-hybridized carbons (Fsp3) is 0.667. The summed E-state index contributed by atoms with van der Waals surface area (Å²) in [6.45, 7) is 1.02. The van der Waals surface area contributed by atoms with Gasteiger partial charge in [-0.05, 0) is 6.92 Å². The summed E-state index contributed by atoms with van der Waals surface area (Å²) in [7, 11) is 2.61. The van der Waals surface area contributed by atoms with Crippen molar-refractivity contribution >= 4 is 18.0 Å². The number of nitrogens with one attached hydrogen (secondary N) is 1. The molecule has 1 unspecified atom stereocenters. The van der Waals surface area contributed by atoms with Crippen LogP contribution >= 0.6 is 0 Å². The molecule has 0 aromatic rings. The molecule has 0 spiro atoms. The topological polar surface area (TPSA) is 90.9 Å². The first-order valence-corrected chi connectivity index (χ1v) is 4.60. The van der Waals surface area contributed by atoms with Crippen molar-refractivity contribution in [2.24, 2.45) is 0 Å². The number of hydrogen-bond acceptors (Lipinski definition) is 6. The van der Waals surface area contributed by atoms with Gasteiger partial charge in [-0.15, -0.1) is 0 Å². The smallest absolute Gasteiger partial charge is 0.460 e. The van der Waals surface area contributed by atoms with Crippen molar-refractivity contribution in [2.45, 2.75) is 19.4 Å². The highest BCUT2D eigenvalue weighted by Gasteiger charge is 2.14. The molecule has 7 heteroatoms. The van der Waals surface area contributed by atoms with Gasteiger partial charge in [0, 0.05) is 7.05 Å². The molecular formula is C9H15NO6. The second-order valence-corrected chi connectivity index (χ2v) is 2.92. The van der Waals surface area contributed by atoms with Crippen LogP contribution in [0.5, 0.6) is 0 Å². The second kappa shape index (κ2) is 7.49. The van der Waals surface area contributed by atoms with Crippen LogP contribution in [-0.4, -0.2) is 44.9 Å². The second-order valence-electron chi connectivity index (χ2n) is 2.92. The van der Waals surface area contributed by atoms with Crippen molar-refractivity contribution in [1.29, 1.82) is 0 Å². The molecule has 0 saturated heterocycles. The monoisotopic (exact) mass is 233 g/mol. The van der Waals surface area contributed by atoms with Crippen LogP contribution < -0.4 is 5.32 Å². The standard InChI is InChI=1S/C9H15NO6/c1-6(4-7(11)10-2)16-8(12)5-15-9(13)14-3/h6H,4-5H2,1-3H3,(H,10,11). The number of carbonyl (C=O) groups excluding carboxylic acids is 3. The Bertz CT molecular complexity index is 265. The third-order valence-corrected chi connectivity index (χ3v) is 1.56. The molecule has 1 N–H and O–H groups in total. The Hall–Kier alpha value is -1.79. The molecule has 0 saturated carbocycles. The van der Waals surface area contributed by atoms with Crippen molar-refractivity contribution in [2.75, 3.05) is 20.8 Å². The Labute approximate surface area is 93.0 Å². The van der Waals surface area contributed by atoms with E-state index in [4.69, 9.17) is 4.74 Å². The number of methoxy groups -OCH3 is 1. The van der Waals surface area contributed by atoms with Crippen LogP contribution in [0.1, 0.15) is 13.3 Å². The zero-order chi connectivity index (χ0) is 12.6. The van der Waals surface area contributed by atoms with E-state index in [1.165, 1.54) is 7.05 Å². The summed E-state index contributed by atoms with van der Waals surface area (Å²) in [6, 6.07) is 0. The van der Waals surface area contributed by atoms with Crippen LogP contribution in [0.2, 0.25) is 0 Å². The maximum absolute atomic E-state index is 11.1. The average Bonchev–Trinajstić information content (AvgIpc) is 2.25. The lowest BCUT2D eigenvalue weighted by Gasteiger charge is -2.11. The lowest BCUT2D eigenvalue weighted by Crippen LogP contribution is -2.27. The fourth-order valence-corrected chi connectivity index (χ4v) is 0.840. The average molecular weight is 233 g/mol. The molecule has 0 bridgehead atoms. The Morgan fingerprint density at radius 3 is 2.44 bits per heavy atom. The molecule has 0 aliphatic carbocycles. The molecule has 1 atom stereocenters. The van der Waals surface area contributed by atoms with E-state index in [2.05, 4.69) is 14.8 Å². The summed E-state index contributed by atoms with van der Waals surface area (Å²) in [4.78, 5) is 32.5. The molecular weight excluding hydrogens is 218 g/mol. The van der Waals surface area contributed by atoms with Gasteiger partial charge in [0.05, 0.1) is 13.5 Å². The third kappa shape index (κ3) is 6.63. The summed E-state index contributed by atoms with van der Waals surface area (Å²) >= 11 is 0. The summed E-state index contributed by atoms with van der Waals surface area (Å²) in [6.07, 6.45) is -1.48. The molecule has 0 aliphatic heterocycles. The number of amides is 1. The van der Waals surface area contributed by atoms with Gasteiger partial charge in [0.1, 0.15) is 6.10 Å². The summed E-state index contributed by atoms with van der Waals surface area (Å²) < 4.78 is 13.3. The van der Waals surface area contributed by atoms with E-state index in [9.17, 15) is 14.4 Å². The van der Waals surface area contributed by atoms with E-state index >= 15 is 0 Å².